The molecule has 0 spiro atoms. The monoisotopic (exact) mass is 333 g/mol. The molecule has 1 aromatic heterocycles. The van der Waals surface area contributed by atoms with Gasteiger partial charge in [0.25, 0.3) is 0 Å². The number of halogens is 3. The number of hydrogen-bond donors (Lipinski definition) is 2. The van der Waals surface area contributed by atoms with Crippen LogP contribution in [0, 0.1) is 19.8 Å². The third kappa shape index (κ3) is 4.46. The molecule has 23 heavy (non-hydrogen) atoms. The maximum atomic E-state index is 12.5. The number of hydrogen-bond acceptors (Lipinski definition) is 3. The lowest BCUT2D eigenvalue weighted by Gasteiger charge is -2.19. The van der Waals surface area contributed by atoms with E-state index in [1.165, 1.54) is 0 Å². The topological polar surface area (TPSA) is 67.2 Å². The summed E-state index contributed by atoms with van der Waals surface area (Å²) in [4.78, 5) is 12.2. The number of rotatable bonds is 5. The fraction of sp³-hybridized carbons (Fsp3) is 0.733. The van der Waals surface area contributed by atoms with Gasteiger partial charge < -0.3 is 10.4 Å². The standard InChI is InChI=1S/C15H22F3N3O2/c1-9-12(10(2)21(20-9)8-15(16,17)18)6-14(23)19-13-5-3-4-11(13)7-22/h11,13,22H,3-8H2,1-2H3,(H,19,23)/t11-,13+/m0/s1. The Kier molecular flexibility index (Phi) is 5.33. The van der Waals surface area contributed by atoms with E-state index < -0.39 is 12.7 Å². The van der Waals surface area contributed by atoms with Gasteiger partial charge in [-0.15, -0.1) is 0 Å². The Hall–Kier alpha value is -1.57. The van der Waals surface area contributed by atoms with Gasteiger partial charge in [0.1, 0.15) is 6.54 Å². The Morgan fingerprint density at radius 1 is 1.39 bits per heavy atom. The molecule has 0 saturated heterocycles. The minimum atomic E-state index is -4.35. The summed E-state index contributed by atoms with van der Waals surface area (Å²) < 4.78 is 38.4. The number of nitrogens with zero attached hydrogens (tertiary/aromatic N) is 2. The van der Waals surface area contributed by atoms with Crippen LogP contribution in [0.25, 0.3) is 0 Å². The van der Waals surface area contributed by atoms with Crippen LogP contribution in [-0.4, -0.2) is 39.6 Å². The normalized spacial score (nSPS) is 21.7. The Morgan fingerprint density at radius 2 is 2.09 bits per heavy atom. The highest BCUT2D eigenvalue weighted by Crippen LogP contribution is 2.25. The van der Waals surface area contributed by atoms with Crippen molar-refractivity contribution in [1.82, 2.24) is 15.1 Å². The largest absolute Gasteiger partial charge is 0.408 e. The van der Waals surface area contributed by atoms with Gasteiger partial charge in [0.05, 0.1) is 12.1 Å². The van der Waals surface area contributed by atoms with Gasteiger partial charge in [0.15, 0.2) is 0 Å². The number of alkyl halides is 3. The van der Waals surface area contributed by atoms with Crippen molar-refractivity contribution in [2.45, 2.75) is 58.3 Å². The van der Waals surface area contributed by atoms with Crippen LogP contribution in [0.3, 0.4) is 0 Å². The highest BCUT2D eigenvalue weighted by atomic mass is 19.4. The Labute approximate surface area is 132 Å². The number of aliphatic hydroxyl groups is 1. The molecule has 1 saturated carbocycles. The summed E-state index contributed by atoms with van der Waals surface area (Å²) in [5.74, 6) is -0.179. The van der Waals surface area contributed by atoms with Gasteiger partial charge in [-0.3, -0.25) is 9.48 Å². The van der Waals surface area contributed by atoms with Crippen molar-refractivity contribution >= 4 is 5.91 Å². The number of carbonyl (C=O) groups is 1. The van der Waals surface area contributed by atoms with Crippen LogP contribution in [0.4, 0.5) is 13.2 Å². The number of aromatic nitrogens is 2. The molecule has 0 bridgehead atoms. The summed E-state index contributed by atoms with van der Waals surface area (Å²) in [7, 11) is 0. The fourth-order valence-corrected chi connectivity index (χ4v) is 3.18. The van der Waals surface area contributed by atoms with Crippen molar-refractivity contribution in [1.29, 1.82) is 0 Å². The van der Waals surface area contributed by atoms with Gasteiger partial charge in [-0.2, -0.15) is 18.3 Å². The van der Waals surface area contributed by atoms with E-state index in [2.05, 4.69) is 10.4 Å². The molecule has 0 aromatic carbocycles. The summed E-state index contributed by atoms with van der Waals surface area (Å²) in [6.07, 6.45) is -1.69. The van der Waals surface area contributed by atoms with Gasteiger partial charge in [-0.05, 0) is 26.7 Å². The van der Waals surface area contributed by atoms with Crippen LogP contribution in [-0.2, 0) is 17.8 Å². The lowest BCUT2D eigenvalue weighted by Crippen LogP contribution is -2.39. The minimum Gasteiger partial charge on any atom is -0.396 e. The maximum absolute atomic E-state index is 12.5. The smallest absolute Gasteiger partial charge is 0.396 e. The fourth-order valence-electron chi connectivity index (χ4n) is 3.18. The zero-order chi connectivity index (χ0) is 17.2. The first-order valence-corrected chi connectivity index (χ1v) is 7.71. The van der Waals surface area contributed by atoms with Crippen molar-refractivity contribution in [2.75, 3.05) is 6.61 Å². The lowest BCUT2D eigenvalue weighted by molar-refractivity contribution is -0.143. The molecule has 8 heteroatoms. The molecule has 130 valence electrons. The molecule has 1 heterocycles. The molecule has 0 radical (unpaired) electrons. The summed E-state index contributed by atoms with van der Waals surface area (Å²) in [6, 6.07) is -0.0571. The van der Waals surface area contributed by atoms with Gasteiger partial charge in [0.2, 0.25) is 5.91 Å². The second kappa shape index (κ2) is 6.90. The van der Waals surface area contributed by atoms with Crippen molar-refractivity contribution in [3.8, 4) is 0 Å². The third-order valence-electron chi connectivity index (χ3n) is 4.44. The molecule has 5 nitrogen and oxygen atoms in total. The number of aryl methyl sites for hydroxylation is 1. The molecule has 0 unspecified atom stereocenters. The van der Waals surface area contributed by atoms with E-state index in [1.807, 2.05) is 0 Å². The predicted octanol–water partition coefficient (Wildman–Crippen LogP) is 1.88. The van der Waals surface area contributed by atoms with Crippen LogP contribution in [0.1, 0.15) is 36.2 Å². The number of carbonyl (C=O) groups excluding carboxylic acids is 1. The van der Waals surface area contributed by atoms with E-state index in [4.69, 9.17) is 0 Å². The van der Waals surface area contributed by atoms with Crippen LogP contribution < -0.4 is 5.32 Å². The molecule has 1 aliphatic rings. The lowest BCUT2D eigenvalue weighted by atomic mass is 10.0. The summed E-state index contributed by atoms with van der Waals surface area (Å²) in [5.41, 5.74) is 1.33. The Bertz CT molecular complexity index is 569. The van der Waals surface area contributed by atoms with E-state index in [-0.39, 0.29) is 30.9 Å². The van der Waals surface area contributed by atoms with Crippen molar-refractivity contribution < 1.29 is 23.1 Å². The van der Waals surface area contributed by atoms with Crippen molar-refractivity contribution in [2.24, 2.45) is 5.92 Å². The molecule has 2 rings (SSSR count). The third-order valence-corrected chi connectivity index (χ3v) is 4.44. The number of amides is 1. The summed E-state index contributed by atoms with van der Waals surface area (Å²) in [5, 5.41) is 16.0. The van der Waals surface area contributed by atoms with E-state index in [0.717, 1.165) is 23.9 Å². The van der Waals surface area contributed by atoms with Crippen LogP contribution in [0.5, 0.6) is 0 Å². The summed E-state index contributed by atoms with van der Waals surface area (Å²) in [6.45, 7) is 2.03. The average molecular weight is 333 g/mol. The van der Waals surface area contributed by atoms with Crippen LogP contribution in [0.15, 0.2) is 0 Å². The van der Waals surface area contributed by atoms with Crippen LogP contribution in [0.2, 0.25) is 0 Å². The second-order valence-corrected chi connectivity index (χ2v) is 6.15. The van der Waals surface area contributed by atoms with Crippen molar-refractivity contribution in [3.05, 3.63) is 17.0 Å². The van der Waals surface area contributed by atoms with Gasteiger partial charge in [0, 0.05) is 29.8 Å². The Balaban J connectivity index is 2.03. The predicted molar refractivity (Wildman–Crippen MR) is 77.8 cm³/mol. The first-order valence-electron chi connectivity index (χ1n) is 7.71. The number of nitrogens with one attached hydrogen (secondary N) is 1. The van der Waals surface area contributed by atoms with Gasteiger partial charge in [-0.1, -0.05) is 6.42 Å². The Morgan fingerprint density at radius 3 is 2.70 bits per heavy atom. The minimum absolute atomic E-state index is 0.00414. The quantitative estimate of drug-likeness (QED) is 0.865. The summed E-state index contributed by atoms with van der Waals surface area (Å²) >= 11 is 0. The highest BCUT2D eigenvalue weighted by Gasteiger charge is 2.31. The van der Waals surface area contributed by atoms with Gasteiger partial charge in [-0.25, -0.2) is 0 Å². The van der Waals surface area contributed by atoms with E-state index in [9.17, 15) is 23.1 Å². The first kappa shape index (κ1) is 17.8. The maximum Gasteiger partial charge on any atom is 0.408 e. The molecular weight excluding hydrogens is 311 g/mol. The zero-order valence-electron chi connectivity index (χ0n) is 13.3. The van der Waals surface area contributed by atoms with Gasteiger partial charge >= 0.3 is 6.18 Å². The zero-order valence-corrected chi connectivity index (χ0v) is 13.3. The average Bonchev–Trinajstić information content (AvgIpc) is 2.97. The second-order valence-electron chi connectivity index (χ2n) is 6.15. The first-order chi connectivity index (χ1) is 10.7. The van der Waals surface area contributed by atoms with E-state index >= 15 is 0 Å². The van der Waals surface area contributed by atoms with E-state index in [1.54, 1.807) is 13.8 Å². The molecular formula is C15H22F3N3O2. The molecule has 1 fully saturated rings. The molecule has 0 aliphatic heterocycles. The molecule has 1 aromatic rings. The van der Waals surface area contributed by atoms with E-state index in [0.29, 0.717) is 17.0 Å². The number of aliphatic hydroxyl groups excluding tert-OH is 1. The SMILES string of the molecule is Cc1nn(CC(F)(F)F)c(C)c1CC(=O)N[C@@H]1CCC[C@H]1CO. The molecule has 2 atom stereocenters. The highest BCUT2D eigenvalue weighted by molar-refractivity contribution is 5.79. The molecule has 1 amide bonds. The molecule has 1 aliphatic carbocycles. The van der Waals surface area contributed by atoms with Crippen LogP contribution >= 0.6 is 0 Å². The molecule has 2 N–H and O–H groups in total. The van der Waals surface area contributed by atoms with Crippen molar-refractivity contribution in [3.63, 3.8) is 0 Å².